The van der Waals surface area contributed by atoms with Crippen molar-refractivity contribution in [3.8, 4) is 16.9 Å². The topological polar surface area (TPSA) is 94.3 Å². The number of fused-ring (bicyclic) bond motifs is 1. The van der Waals surface area contributed by atoms with Crippen LogP contribution in [0.25, 0.3) is 16.8 Å². The second-order valence-corrected chi connectivity index (χ2v) is 6.85. The standard InChI is InChI=1S/C19H15FN6O2S/c1-28-15-8-13(7-14(20)9-15)12-3-4-16-23-18(25-26(16)10-12)24-17(27)11-29-19-21-5-2-6-22-19/h2-10H,11H2,1H3,(H,24,25,27). The van der Waals surface area contributed by atoms with E-state index in [9.17, 15) is 9.18 Å². The largest absolute Gasteiger partial charge is 0.497 e. The number of thioether (sulfide) groups is 1. The Morgan fingerprint density at radius 1 is 1.21 bits per heavy atom. The highest BCUT2D eigenvalue weighted by molar-refractivity contribution is 7.99. The van der Waals surface area contributed by atoms with E-state index in [1.165, 1.54) is 35.5 Å². The summed E-state index contributed by atoms with van der Waals surface area (Å²) in [6, 6.07) is 9.69. The van der Waals surface area contributed by atoms with Crippen LogP contribution in [0.1, 0.15) is 0 Å². The first kappa shape index (κ1) is 18.8. The van der Waals surface area contributed by atoms with Gasteiger partial charge in [0.05, 0.1) is 12.9 Å². The third kappa shape index (κ3) is 4.49. The van der Waals surface area contributed by atoms with E-state index in [1.54, 1.807) is 42.9 Å². The van der Waals surface area contributed by atoms with Crippen LogP contribution in [0.3, 0.4) is 0 Å². The van der Waals surface area contributed by atoms with Crippen LogP contribution >= 0.6 is 11.8 Å². The number of benzene rings is 1. The Morgan fingerprint density at radius 3 is 2.83 bits per heavy atom. The Kier molecular flexibility index (Phi) is 5.34. The maximum Gasteiger partial charge on any atom is 0.249 e. The van der Waals surface area contributed by atoms with Gasteiger partial charge in [0.2, 0.25) is 11.9 Å². The van der Waals surface area contributed by atoms with E-state index in [4.69, 9.17) is 4.74 Å². The molecule has 0 aliphatic rings. The number of rotatable bonds is 6. The van der Waals surface area contributed by atoms with Gasteiger partial charge < -0.3 is 4.74 Å². The van der Waals surface area contributed by atoms with Crippen LogP contribution in [-0.4, -0.2) is 43.3 Å². The fourth-order valence-electron chi connectivity index (χ4n) is 2.60. The molecule has 0 saturated heterocycles. The molecule has 0 aliphatic carbocycles. The number of anilines is 1. The number of aromatic nitrogens is 5. The highest BCUT2D eigenvalue weighted by atomic mass is 32.2. The minimum absolute atomic E-state index is 0.133. The van der Waals surface area contributed by atoms with Crippen molar-refractivity contribution in [1.82, 2.24) is 24.6 Å². The van der Waals surface area contributed by atoms with E-state index in [-0.39, 0.29) is 17.6 Å². The molecule has 146 valence electrons. The maximum atomic E-state index is 13.8. The van der Waals surface area contributed by atoms with Crippen LogP contribution in [0, 0.1) is 5.82 Å². The molecule has 29 heavy (non-hydrogen) atoms. The number of pyridine rings is 1. The molecule has 0 radical (unpaired) electrons. The molecule has 1 amide bonds. The molecule has 3 aromatic heterocycles. The summed E-state index contributed by atoms with van der Waals surface area (Å²) in [6.07, 6.45) is 4.93. The first-order chi connectivity index (χ1) is 14.1. The molecule has 4 rings (SSSR count). The lowest BCUT2D eigenvalue weighted by molar-refractivity contribution is -0.113. The zero-order chi connectivity index (χ0) is 20.2. The molecule has 4 aromatic rings. The summed E-state index contributed by atoms with van der Waals surface area (Å²) in [5.41, 5.74) is 1.92. The van der Waals surface area contributed by atoms with Crippen LogP contribution in [0.4, 0.5) is 10.3 Å². The number of carbonyl (C=O) groups is 1. The minimum Gasteiger partial charge on any atom is -0.497 e. The highest BCUT2D eigenvalue weighted by Gasteiger charge is 2.11. The molecule has 8 nitrogen and oxygen atoms in total. The summed E-state index contributed by atoms with van der Waals surface area (Å²) >= 11 is 1.22. The lowest BCUT2D eigenvalue weighted by atomic mass is 10.1. The first-order valence-electron chi connectivity index (χ1n) is 8.52. The third-order valence-electron chi connectivity index (χ3n) is 3.90. The fourth-order valence-corrected chi connectivity index (χ4v) is 3.21. The van der Waals surface area contributed by atoms with Gasteiger partial charge in [0.15, 0.2) is 10.8 Å². The maximum absolute atomic E-state index is 13.8. The van der Waals surface area contributed by atoms with Crippen LogP contribution in [0.2, 0.25) is 0 Å². The van der Waals surface area contributed by atoms with Crippen LogP contribution < -0.4 is 10.1 Å². The van der Waals surface area contributed by atoms with Gasteiger partial charge in [-0.05, 0) is 35.9 Å². The summed E-state index contributed by atoms with van der Waals surface area (Å²) in [5, 5.41) is 7.43. The van der Waals surface area contributed by atoms with Gasteiger partial charge in [-0.25, -0.2) is 18.9 Å². The Hall–Kier alpha value is -3.53. The van der Waals surface area contributed by atoms with E-state index >= 15 is 0 Å². The molecule has 0 bridgehead atoms. The van der Waals surface area contributed by atoms with Crippen LogP contribution in [0.15, 0.2) is 60.1 Å². The Labute approximate surface area is 169 Å². The van der Waals surface area contributed by atoms with Gasteiger partial charge in [0.1, 0.15) is 11.6 Å². The fraction of sp³-hybridized carbons (Fsp3) is 0.105. The van der Waals surface area contributed by atoms with E-state index < -0.39 is 5.82 Å². The number of carbonyl (C=O) groups excluding carboxylic acids is 1. The summed E-state index contributed by atoms with van der Waals surface area (Å²) in [6.45, 7) is 0. The van der Waals surface area contributed by atoms with Crippen molar-refractivity contribution >= 4 is 29.3 Å². The SMILES string of the molecule is COc1cc(F)cc(-c2ccc3nc(NC(=O)CSc4ncccn4)nn3c2)c1. The second-order valence-electron chi connectivity index (χ2n) is 5.90. The zero-order valence-corrected chi connectivity index (χ0v) is 16.1. The number of hydrogen-bond acceptors (Lipinski definition) is 7. The van der Waals surface area contributed by atoms with Gasteiger partial charge in [-0.15, -0.1) is 5.10 Å². The first-order valence-corrected chi connectivity index (χ1v) is 9.50. The molecule has 1 aromatic carbocycles. The number of ether oxygens (including phenoxy) is 1. The Morgan fingerprint density at radius 2 is 2.03 bits per heavy atom. The van der Waals surface area contributed by atoms with Crippen molar-refractivity contribution in [3.63, 3.8) is 0 Å². The quantitative estimate of drug-likeness (QED) is 0.386. The normalized spacial score (nSPS) is 10.8. The number of amides is 1. The molecule has 0 aliphatic heterocycles. The average molecular weight is 410 g/mol. The number of halogens is 1. The number of nitrogens with zero attached hydrogens (tertiary/aromatic N) is 5. The Bertz CT molecular complexity index is 1170. The van der Waals surface area contributed by atoms with E-state index in [0.29, 0.717) is 22.1 Å². The molecule has 0 spiro atoms. The van der Waals surface area contributed by atoms with Crippen molar-refractivity contribution in [2.45, 2.75) is 5.16 Å². The highest BCUT2D eigenvalue weighted by Crippen LogP contribution is 2.26. The van der Waals surface area contributed by atoms with Crippen molar-refractivity contribution in [3.05, 3.63) is 60.8 Å². The van der Waals surface area contributed by atoms with Gasteiger partial charge in [-0.3, -0.25) is 10.1 Å². The number of nitrogens with one attached hydrogen (secondary N) is 1. The summed E-state index contributed by atoms with van der Waals surface area (Å²) in [5.74, 6) is 0.0675. The minimum atomic E-state index is -0.397. The monoisotopic (exact) mass is 410 g/mol. The predicted molar refractivity (Wildman–Crippen MR) is 106 cm³/mol. The molecule has 10 heteroatoms. The molecule has 3 heterocycles. The van der Waals surface area contributed by atoms with Crippen LogP contribution in [-0.2, 0) is 4.79 Å². The lowest BCUT2D eigenvalue weighted by Gasteiger charge is -2.05. The van der Waals surface area contributed by atoms with Crippen molar-refractivity contribution in [2.24, 2.45) is 0 Å². The molecule has 0 saturated carbocycles. The van der Waals surface area contributed by atoms with Gasteiger partial charge in [0, 0.05) is 30.2 Å². The van der Waals surface area contributed by atoms with Gasteiger partial charge in [0.25, 0.3) is 0 Å². The molecular formula is C19H15FN6O2S. The molecule has 0 atom stereocenters. The third-order valence-corrected chi connectivity index (χ3v) is 4.77. The van der Waals surface area contributed by atoms with Gasteiger partial charge in [-0.2, -0.15) is 4.98 Å². The van der Waals surface area contributed by atoms with Crippen molar-refractivity contribution in [2.75, 3.05) is 18.2 Å². The van der Waals surface area contributed by atoms with Gasteiger partial charge >= 0.3 is 0 Å². The summed E-state index contributed by atoms with van der Waals surface area (Å²) in [7, 11) is 1.48. The van der Waals surface area contributed by atoms with E-state index in [2.05, 4.69) is 25.4 Å². The predicted octanol–water partition coefficient (Wildman–Crippen LogP) is 3.06. The smallest absolute Gasteiger partial charge is 0.249 e. The van der Waals surface area contributed by atoms with Gasteiger partial charge in [-0.1, -0.05) is 11.8 Å². The molecule has 0 fully saturated rings. The second kappa shape index (κ2) is 8.23. The van der Waals surface area contributed by atoms with Crippen molar-refractivity contribution < 1.29 is 13.9 Å². The van der Waals surface area contributed by atoms with Crippen LogP contribution in [0.5, 0.6) is 5.75 Å². The molecule has 0 unspecified atom stereocenters. The Balaban J connectivity index is 1.50. The van der Waals surface area contributed by atoms with E-state index in [1.807, 2.05) is 0 Å². The molecular weight excluding hydrogens is 395 g/mol. The lowest BCUT2D eigenvalue weighted by Crippen LogP contribution is -2.15. The van der Waals surface area contributed by atoms with Crippen molar-refractivity contribution in [1.29, 1.82) is 0 Å². The zero-order valence-electron chi connectivity index (χ0n) is 15.2. The summed E-state index contributed by atoms with van der Waals surface area (Å²) in [4.78, 5) is 24.5. The molecule has 1 N–H and O–H groups in total. The summed E-state index contributed by atoms with van der Waals surface area (Å²) < 4.78 is 20.4. The van der Waals surface area contributed by atoms with E-state index in [0.717, 1.165) is 5.56 Å². The average Bonchev–Trinajstić information content (AvgIpc) is 3.13. The number of methoxy groups -OCH3 is 1. The number of hydrogen-bond donors (Lipinski definition) is 1.